The van der Waals surface area contributed by atoms with Crippen molar-refractivity contribution in [1.29, 1.82) is 0 Å². The van der Waals surface area contributed by atoms with Gasteiger partial charge in [0, 0.05) is 19.3 Å². The second kappa shape index (κ2) is 56.5. The van der Waals surface area contributed by atoms with Crippen molar-refractivity contribution >= 4 is 17.9 Å². The maximum absolute atomic E-state index is 12.9. The Labute approximate surface area is 417 Å². The lowest BCUT2D eigenvalue weighted by molar-refractivity contribution is -0.167. The van der Waals surface area contributed by atoms with Gasteiger partial charge >= 0.3 is 17.9 Å². The number of hydrogen-bond acceptors (Lipinski definition) is 6. The molecule has 0 aromatic heterocycles. The van der Waals surface area contributed by atoms with E-state index in [1.165, 1.54) is 212 Å². The first-order chi connectivity index (χ1) is 33.0. The van der Waals surface area contributed by atoms with Gasteiger partial charge in [-0.1, -0.05) is 283 Å². The zero-order valence-corrected chi connectivity index (χ0v) is 45.2. The van der Waals surface area contributed by atoms with Crippen LogP contribution in [0.2, 0.25) is 0 Å². The van der Waals surface area contributed by atoms with Gasteiger partial charge in [0.15, 0.2) is 6.10 Å². The number of esters is 3. The van der Waals surface area contributed by atoms with E-state index in [1.807, 2.05) is 0 Å². The lowest BCUT2D eigenvalue weighted by atomic mass is 10.0. The van der Waals surface area contributed by atoms with E-state index in [4.69, 9.17) is 14.2 Å². The number of allylic oxidation sites excluding steroid dienone is 4. The van der Waals surface area contributed by atoms with Gasteiger partial charge in [-0.05, 0) is 51.4 Å². The summed E-state index contributed by atoms with van der Waals surface area (Å²) in [7, 11) is 0. The van der Waals surface area contributed by atoms with E-state index in [0.717, 1.165) is 77.0 Å². The van der Waals surface area contributed by atoms with Crippen LogP contribution in [0.25, 0.3) is 0 Å². The Kier molecular flexibility index (Phi) is 54.7. The van der Waals surface area contributed by atoms with Crippen LogP contribution in [-0.2, 0) is 28.6 Å². The molecule has 0 aliphatic heterocycles. The number of carbonyl (C=O) groups excluding carboxylic acids is 3. The van der Waals surface area contributed by atoms with E-state index in [-0.39, 0.29) is 31.1 Å². The molecule has 0 heterocycles. The first kappa shape index (κ1) is 64.9. The van der Waals surface area contributed by atoms with Crippen LogP contribution < -0.4 is 0 Å². The third kappa shape index (κ3) is 54.7. The zero-order valence-electron chi connectivity index (χ0n) is 45.2. The van der Waals surface area contributed by atoms with Crippen LogP contribution in [0.5, 0.6) is 0 Å². The molecule has 0 amide bonds. The minimum absolute atomic E-state index is 0.0699. The van der Waals surface area contributed by atoms with Crippen molar-refractivity contribution in [3.05, 3.63) is 24.3 Å². The third-order valence-corrected chi connectivity index (χ3v) is 13.5. The maximum Gasteiger partial charge on any atom is 0.306 e. The Morgan fingerprint density at radius 1 is 0.299 bits per heavy atom. The Hall–Kier alpha value is -2.11. The summed E-state index contributed by atoms with van der Waals surface area (Å²) >= 11 is 0. The molecule has 67 heavy (non-hydrogen) atoms. The molecule has 0 aliphatic rings. The fourth-order valence-electron chi connectivity index (χ4n) is 8.95. The summed E-state index contributed by atoms with van der Waals surface area (Å²) in [6.07, 6.45) is 65.9. The second-order valence-electron chi connectivity index (χ2n) is 20.3. The topological polar surface area (TPSA) is 78.9 Å². The quantitative estimate of drug-likeness (QED) is 0.0262. The van der Waals surface area contributed by atoms with Gasteiger partial charge in [-0.25, -0.2) is 0 Å². The highest BCUT2D eigenvalue weighted by atomic mass is 16.6. The minimum atomic E-state index is -0.772. The van der Waals surface area contributed by atoms with Gasteiger partial charge in [-0.3, -0.25) is 14.4 Å². The Balaban J connectivity index is 4.33. The van der Waals surface area contributed by atoms with E-state index < -0.39 is 6.10 Å². The summed E-state index contributed by atoms with van der Waals surface area (Å²) < 4.78 is 16.9. The van der Waals surface area contributed by atoms with Gasteiger partial charge in [-0.15, -0.1) is 0 Å². The largest absolute Gasteiger partial charge is 0.462 e. The minimum Gasteiger partial charge on any atom is -0.462 e. The molecule has 0 rings (SSSR count). The van der Waals surface area contributed by atoms with E-state index in [1.54, 1.807) is 0 Å². The summed E-state index contributed by atoms with van der Waals surface area (Å²) in [5.74, 6) is -0.860. The van der Waals surface area contributed by atoms with Gasteiger partial charge in [0.25, 0.3) is 0 Å². The molecular formula is C61H114O6. The zero-order chi connectivity index (χ0) is 48.6. The molecule has 0 aromatic rings. The van der Waals surface area contributed by atoms with Crippen molar-refractivity contribution in [2.45, 2.75) is 335 Å². The Morgan fingerprint density at radius 3 is 0.851 bits per heavy atom. The molecule has 0 aromatic carbocycles. The predicted molar refractivity (Wildman–Crippen MR) is 289 cm³/mol. The van der Waals surface area contributed by atoms with Crippen molar-refractivity contribution in [2.24, 2.45) is 0 Å². The molecule has 0 unspecified atom stereocenters. The van der Waals surface area contributed by atoms with Gasteiger partial charge in [0.05, 0.1) is 0 Å². The van der Waals surface area contributed by atoms with Crippen LogP contribution in [0, 0.1) is 0 Å². The second-order valence-corrected chi connectivity index (χ2v) is 20.3. The highest BCUT2D eigenvalue weighted by Crippen LogP contribution is 2.17. The molecule has 0 radical (unpaired) electrons. The van der Waals surface area contributed by atoms with E-state index >= 15 is 0 Å². The van der Waals surface area contributed by atoms with Crippen LogP contribution in [-0.4, -0.2) is 37.2 Å². The highest BCUT2D eigenvalue weighted by Gasteiger charge is 2.19. The number of carbonyl (C=O) groups is 3. The first-order valence-corrected chi connectivity index (χ1v) is 29.8. The average molecular weight is 944 g/mol. The standard InChI is InChI=1S/C61H114O6/c1-4-7-10-13-16-19-22-25-28-30-33-36-39-42-45-48-51-54-60(63)66-57-58(56-65-59(62)53-50-47-44-41-38-35-32-27-24-21-18-15-12-9-6-3)67-61(64)55-52-49-46-43-40-37-34-31-29-26-23-20-17-14-11-8-5-2/h18,21,27,32,58H,4-17,19-20,22-26,28-31,33-57H2,1-3H3/b21-18-,32-27-/t58-/m1/s1. The monoisotopic (exact) mass is 943 g/mol. The molecule has 0 spiro atoms. The SMILES string of the molecule is CCCCC/C=C\C/C=C\CCCCCCCC(=O)OC[C@H](COC(=O)CCCCCCCCCCCCCCCCCCC)OC(=O)CCCCCCCCCCCCCCCCCCC. The normalized spacial score (nSPS) is 12.1. The number of rotatable bonds is 55. The molecule has 6 nitrogen and oxygen atoms in total. The van der Waals surface area contributed by atoms with Crippen molar-refractivity contribution < 1.29 is 28.6 Å². The number of hydrogen-bond donors (Lipinski definition) is 0. The van der Waals surface area contributed by atoms with E-state index in [9.17, 15) is 14.4 Å². The molecule has 0 saturated heterocycles. The van der Waals surface area contributed by atoms with Crippen molar-refractivity contribution in [1.82, 2.24) is 0 Å². The van der Waals surface area contributed by atoms with Gasteiger partial charge in [-0.2, -0.15) is 0 Å². The fourth-order valence-corrected chi connectivity index (χ4v) is 8.95. The molecule has 394 valence electrons. The van der Waals surface area contributed by atoms with Crippen LogP contribution in [0.15, 0.2) is 24.3 Å². The van der Waals surface area contributed by atoms with Crippen LogP contribution in [0.1, 0.15) is 329 Å². The summed E-state index contributed by atoms with van der Waals surface area (Å²) in [6.45, 7) is 6.66. The van der Waals surface area contributed by atoms with Gasteiger partial charge in [0.2, 0.25) is 0 Å². The molecule has 0 saturated carbocycles. The smallest absolute Gasteiger partial charge is 0.306 e. The maximum atomic E-state index is 12.9. The van der Waals surface area contributed by atoms with Gasteiger partial charge in [0.1, 0.15) is 13.2 Å². The molecule has 0 N–H and O–H groups in total. The average Bonchev–Trinajstić information content (AvgIpc) is 3.33. The molecule has 0 bridgehead atoms. The van der Waals surface area contributed by atoms with E-state index in [2.05, 4.69) is 45.1 Å². The van der Waals surface area contributed by atoms with Crippen molar-refractivity contribution in [3.8, 4) is 0 Å². The van der Waals surface area contributed by atoms with Crippen LogP contribution in [0.3, 0.4) is 0 Å². The molecular weight excluding hydrogens is 829 g/mol. The van der Waals surface area contributed by atoms with Crippen molar-refractivity contribution in [3.63, 3.8) is 0 Å². The van der Waals surface area contributed by atoms with E-state index in [0.29, 0.717) is 19.3 Å². The molecule has 0 fully saturated rings. The summed E-state index contributed by atoms with van der Waals surface area (Å²) in [4.78, 5) is 38.2. The summed E-state index contributed by atoms with van der Waals surface area (Å²) in [5.41, 5.74) is 0. The van der Waals surface area contributed by atoms with Gasteiger partial charge < -0.3 is 14.2 Å². The number of ether oxygens (including phenoxy) is 3. The lowest BCUT2D eigenvalue weighted by Gasteiger charge is -2.18. The summed E-state index contributed by atoms with van der Waals surface area (Å²) in [6, 6.07) is 0. The summed E-state index contributed by atoms with van der Waals surface area (Å²) in [5, 5.41) is 0. The molecule has 1 atom stereocenters. The van der Waals surface area contributed by atoms with Crippen LogP contribution in [0.4, 0.5) is 0 Å². The number of unbranched alkanes of at least 4 members (excludes halogenated alkanes) is 40. The highest BCUT2D eigenvalue weighted by molar-refractivity contribution is 5.71. The lowest BCUT2D eigenvalue weighted by Crippen LogP contribution is -2.30. The fraction of sp³-hybridized carbons (Fsp3) is 0.885. The molecule has 0 aliphatic carbocycles. The van der Waals surface area contributed by atoms with Crippen molar-refractivity contribution in [2.75, 3.05) is 13.2 Å². The third-order valence-electron chi connectivity index (χ3n) is 13.5. The predicted octanol–water partition coefficient (Wildman–Crippen LogP) is 19.9. The Morgan fingerprint density at radius 2 is 0.537 bits per heavy atom. The molecule has 6 heteroatoms. The Bertz CT molecular complexity index is 1080. The first-order valence-electron chi connectivity index (χ1n) is 29.8. The van der Waals surface area contributed by atoms with Crippen LogP contribution >= 0.6 is 0 Å².